The van der Waals surface area contributed by atoms with E-state index >= 15 is 0 Å². The maximum absolute atomic E-state index is 4.57. The van der Waals surface area contributed by atoms with E-state index in [2.05, 4.69) is 40.5 Å². The van der Waals surface area contributed by atoms with Gasteiger partial charge in [-0.3, -0.25) is 9.67 Å². The van der Waals surface area contributed by atoms with Crippen LogP contribution in [0.25, 0.3) is 10.9 Å². The Hall–Kier alpha value is -2.20. The molecule has 0 aliphatic heterocycles. The number of aromatic nitrogens is 3. The molecular weight excluding hydrogens is 260 g/mol. The summed E-state index contributed by atoms with van der Waals surface area (Å²) >= 11 is 0. The first-order valence-electron chi connectivity index (χ1n) is 7.35. The maximum atomic E-state index is 4.57. The summed E-state index contributed by atoms with van der Waals surface area (Å²) in [4.78, 5) is 4.57. The van der Waals surface area contributed by atoms with Crippen molar-refractivity contribution in [1.82, 2.24) is 20.1 Å². The van der Waals surface area contributed by atoms with Gasteiger partial charge in [-0.05, 0) is 36.7 Å². The number of nitrogens with one attached hydrogen (secondary N) is 1. The second kappa shape index (κ2) is 6.06. The lowest BCUT2D eigenvalue weighted by atomic mass is 10.0. The molecule has 0 spiro atoms. The number of para-hydroxylation sites is 1. The van der Waals surface area contributed by atoms with E-state index in [4.69, 9.17) is 0 Å². The normalized spacial score (nSPS) is 12.7. The van der Waals surface area contributed by atoms with Crippen LogP contribution >= 0.6 is 0 Å². The SMILES string of the molecule is CCCNC(c1cnc2ccccc2c1)c1ccn(C)n1. The largest absolute Gasteiger partial charge is 0.305 e. The van der Waals surface area contributed by atoms with E-state index < -0.39 is 0 Å². The van der Waals surface area contributed by atoms with Crippen molar-refractivity contribution in [3.8, 4) is 0 Å². The summed E-state index contributed by atoms with van der Waals surface area (Å²) in [6.07, 6.45) is 5.01. The smallest absolute Gasteiger partial charge is 0.0839 e. The molecule has 2 aromatic heterocycles. The first kappa shape index (κ1) is 13.8. The fourth-order valence-electron chi connectivity index (χ4n) is 2.51. The van der Waals surface area contributed by atoms with Crippen LogP contribution in [-0.4, -0.2) is 21.3 Å². The first-order chi connectivity index (χ1) is 10.3. The van der Waals surface area contributed by atoms with Gasteiger partial charge in [-0.1, -0.05) is 25.1 Å². The zero-order valence-corrected chi connectivity index (χ0v) is 12.5. The molecule has 108 valence electrons. The summed E-state index contributed by atoms with van der Waals surface area (Å²) in [6.45, 7) is 3.12. The number of rotatable bonds is 5. The summed E-state index contributed by atoms with van der Waals surface area (Å²) in [5.74, 6) is 0. The molecule has 1 N–H and O–H groups in total. The minimum absolute atomic E-state index is 0.0863. The molecule has 2 heterocycles. The fourth-order valence-corrected chi connectivity index (χ4v) is 2.51. The van der Waals surface area contributed by atoms with Crippen molar-refractivity contribution in [1.29, 1.82) is 0 Å². The van der Waals surface area contributed by atoms with Gasteiger partial charge in [0.2, 0.25) is 0 Å². The second-order valence-electron chi connectivity index (χ2n) is 5.26. The molecule has 1 unspecified atom stereocenters. The molecule has 0 aliphatic rings. The highest BCUT2D eigenvalue weighted by Gasteiger charge is 2.16. The Bertz CT molecular complexity index is 732. The Morgan fingerprint density at radius 2 is 2.10 bits per heavy atom. The van der Waals surface area contributed by atoms with Crippen molar-refractivity contribution in [2.24, 2.45) is 7.05 Å². The first-order valence-corrected chi connectivity index (χ1v) is 7.35. The van der Waals surface area contributed by atoms with E-state index in [0.717, 1.165) is 35.1 Å². The lowest BCUT2D eigenvalue weighted by Crippen LogP contribution is -2.24. The lowest BCUT2D eigenvalue weighted by molar-refractivity contribution is 0.575. The molecule has 4 heteroatoms. The molecule has 0 bridgehead atoms. The summed E-state index contributed by atoms with van der Waals surface area (Å²) in [5, 5.41) is 9.27. The van der Waals surface area contributed by atoms with E-state index in [-0.39, 0.29) is 6.04 Å². The molecule has 1 aromatic carbocycles. The third-order valence-electron chi connectivity index (χ3n) is 3.57. The average molecular weight is 280 g/mol. The zero-order chi connectivity index (χ0) is 14.7. The molecule has 21 heavy (non-hydrogen) atoms. The Morgan fingerprint density at radius 1 is 1.24 bits per heavy atom. The van der Waals surface area contributed by atoms with Gasteiger partial charge in [0.25, 0.3) is 0 Å². The van der Waals surface area contributed by atoms with E-state index in [0.29, 0.717) is 0 Å². The second-order valence-corrected chi connectivity index (χ2v) is 5.26. The Balaban J connectivity index is 2.00. The van der Waals surface area contributed by atoms with Gasteiger partial charge in [0.15, 0.2) is 0 Å². The summed E-state index contributed by atoms with van der Waals surface area (Å²) in [6, 6.07) is 12.5. The molecule has 0 aliphatic carbocycles. The lowest BCUT2D eigenvalue weighted by Gasteiger charge is -2.17. The molecule has 0 saturated heterocycles. The minimum Gasteiger partial charge on any atom is -0.305 e. The van der Waals surface area contributed by atoms with Crippen molar-refractivity contribution < 1.29 is 0 Å². The molecule has 0 radical (unpaired) electrons. The molecule has 0 fully saturated rings. The van der Waals surface area contributed by atoms with Gasteiger partial charge >= 0.3 is 0 Å². The van der Waals surface area contributed by atoms with Gasteiger partial charge in [-0.2, -0.15) is 5.10 Å². The van der Waals surface area contributed by atoms with Crippen molar-refractivity contribution in [2.75, 3.05) is 6.54 Å². The number of benzene rings is 1. The van der Waals surface area contributed by atoms with Gasteiger partial charge < -0.3 is 5.32 Å². The highest BCUT2D eigenvalue weighted by Crippen LogP contribution is 2.23. The van der Waals surface area contributed by atoms with Gasteiger partial charge in [0, 0.05) is 24.8 Å². The molecule has 3 rings (SSSR count). The van der Waals surface area contributed by atoms with Crippen molar-refractivity contribution in [2.45, 2.75) is 19.4 Å². The van der Waals surface area contributed by atoms with E-state index in [1.54, 1.807) is 0 Å². The van der Waals surface area contributed by atoms with Crippen LogP contribution in [0, 0.1) is 0 Å². The van der Waals surface area contributed by atoms with Crippen LogP contribution in [0.5, 0.6) is 0 Å². The summed E-state index contributed by atoms with van der Waals surface area (Å²) in [7, 11) is 1.94. The average Bonchev–Trinajstić information content (AvgIpc) is 2.94. The van der Waals surface area contributed by atoms with Crippen LogP contribution in [0.3, 0.4) is 0 Å². The molecule has 1 atom stereocenters. The summed E-state index contributed by atoms with van der Waals surface area (Å²) in [5.41, 5.74) is 3.21. The van der Waals surface area contributed by atoms with Crippen LogP contribution in [0.2, 0.25) is 0 Å². The quantitative estimate of drug-likeness (QED) is 0.781. The summed E-state index contributed by atoms with van der Waals surface area (Å²) < 4.78 is 1.84. The van der Waals surface area contributed by atoms with Crippen LogP contribution in [0.15, 0.2) is 48.8 Å². The predicted octanol–water partition coefficient (Wildman–Crippen LogP) is 3.06. The third-order valence-corrected chi connectivity index (χ3v) is 3.57. The van der Waals surface area contributed by atoms with Crippen molar-refractivity contribution in [3.63, 3.8) is 0 Å². The zero-order valence-electron chi connectivity index (χ0n) is 12.5. The van der Waals surface area contributed by atoms with Gasteiger partial charge in [0.1, 0.15) is 0 Å². The van der Waals surface area contributed by atoms with E-state index in [1.807, 2.05) is 42.3 Å². The highest BCUT2D eigenvalue weighted by atomic mass is 15.3. The number of fused-ring (bicyclic) bond motifs is 1. The fraction of sp³-hybridized carbons (Fsp3) is 0.294. The molecule has 3 aromatic rings. The number of nitrogens with zero attached hydrogens (tertiary/aromatic N) is 3. The van der Waals surface area contributed by atoms with Crippen LogP contribution in [0.4, 0.5) is 0 Å². The molecule has 0 saturated carbocycles. The van der Waals surface area contributed by atoms with Crippen molar-refractivity contribution >= 4 is 10.9 Å². The van der Waals surface area contributed by atoms with Gasteiger partial charge in [0.05, 0.1) is 17.3 Å². The topological polar surface area (TPSA) is 42.7 Å². The molecular formula is C17H20N4. The molecule has 4 nitrogen and oxygen atoms in total. The standard InChI is InChI=1S/C17H20N4/c1-3-9-18-17(16-8-10-21(2)20-16)14-11-13-6-4-5-7-15(13)19-12-14/h4-8,10-12,17-18H,3,9H2,1-2H3. The number of pyridine rings is 1. The Morgan fingerprint density at radius 3 is 2.86 bits per heavy atom. The highest BCUT2D eigenvalue weighted by molar-refractivity contribution is 5.78. The predicted molar refractivity (Wildman–Crippen MR) is 85.1 cm³/mol. The number of hydrogen-bond donors (Lipinski definition) is 1. The number of hydrogen-bond acceptors (Lipinski definition) is 3. The molecule has 0 amide bonds. The van der Waals surface area contributed by atoms with Crippen LogP contribution in [0.1, 0.15) is 30.6 Å². The monoisotopic (exact) mass is 280 g/mol. The van der Waals surface area contributed by atoms with E-state index in [1.165, 1.54) is 0 Å². The van der Waals surface area contributed by atoms with Crippen LogP contribution in [-0.2, 0) is 7.05 Å². The third kappa shape index (κ3) is 2.95. The maximum Gasteiger partial charge on any atom is 0.0839 e. The Labute approximate surface area is 124 Å². The van der Waals surface area contributed by atoms with E-state index in [9.17, 15) is 0 Å². The Kier molecular flexibility index (Phi) is 3.97. The van der Waals surface area contributed by atoms with Gasteiger partial charge in [-0.25, -0.2) is 0 Å². The van der Waals surface area contributed by atoms with Crippen LogP contribution < -0.4 is 5.32 Å². The van der Waals surface area contributed by atoms with Gasteiger partial charge in [-0.15, -0.1) is 0 Å². The van der Waals surface area contributed by atoms with Crippen molar-refractivity contribution in [3.05, 3.63) is 60.0 Å². The minimum atomic E-state index is 0.0863. The number of aryl methyl sites for hydroxylation is 1.